The van der Waals surface area contributed by atoms with Gasteiger partial charge in [-0.1, -0.05) is 6.92 Å². The van der Waals surface area contributed by atoms with E-state index in [0.717, 1.165) is 6.42 Å². The molecule has 1 aliphatic heterocycles. The average Bonchev–Trinajstić information content (AvgIpc) is 2.66. The summed E-state index contributed by atoms with van der Waals surface area (Å²) in [6, 6.07) is 2.49. The van der Waals surface area contributed by atoms with Crippen molar-refractivity contribution in [2.24, 2.45) is 0 Å². The van der Waals surface area contributed by atoms with E-state index in [2.05, 4.69) is 36.1 Å². The number of hydrazine groups is 1. The van der Waals surface area contributed by atoms with Gasteiger partial charge in [0.2, 0.25) is 0 Å². The van der Waals surface area contributed by atoms with E-state index < -0.39 is 5.54 Å². The average molecular weight is 224 g/mol. The second-order valence-corrected chi connectivity index (χ2v) is 4.25. The molecule has 0 amide bonds. The van der Waals surface area contributed by atoms with Crippen LogP contribution in [0.25, 0.3) is 0 Å². The lowest BCUT2D eigenvalue weighted by atomic mass is 9.94. The first-order valence-electron chi connectivity index (χ1n) is 5.82. The number of nitrogens with zero attached hydrogens (tertiary/aromatic N) is 1. The molecule has 1 heterocycles. The van der Waals surface area contributed by atoms with Crippen molar-refractivity contribution in [3.8, 4) is 6.07 Å². The van der Waals surface area contributed by atoms with Crippen LogP contribution in [0.15, 0.2) is 0 Å². The zero-order chi connectivity index (χ0) is 12.0. The Morgan fingerprint density at radius 2 is 2.44 bits per heavy atom. The molecule has 0 saturated carbocycles. The van der Waals surface area contributed by atoms with Crippen LogP contribution in [0.2, 0.25) is 0 Å². The Morgan fingerprint density at radius 3 is 2.94 bits per heavy atom. The lowest BCUT2D eigenvalue weighted by Gasteiger charge is -2.20. The Bertz CT molecular complexity index is 286. The van der Waals surface area contributed by atoms with E-state index in [0.29, 0.717) is 32.0 Å². The normalized spacial score (nSPS) is 26.7. The molecular formula is C11H20N4O. The van der Waals surface area contributed by atoms with Gasteiger partial charge in [-0.05, 0) is 13.3 Å². The molecule has 90 valence electrons. The van der Waals surface area contributed by atoms with Crippen molar-refractivity contribution in [3.05, 3.63) is 0 Å². The van der Waals surface area contributed by atoms with Crippen LogP contribution >= 0.6 is 0 Å². The highest BCUT2D eigenvalue weighted by molar-refractivity contribution is 5.93. The minimum absolute atomic E-state index is 0.0142. The van der Waals surface area contributed by atoms with Gasteiger partial charge >= 0.3 is 0 Å². The third-order valence-corrected chi connectivity index (χ3v) is 3.03. The molecule has 5 heteroatoms. The number of hydrogen-bond acceptors (Lipinski definition) is 5. The molecule has 2 unspecified atom stereocenters. The minimum Gasteiger partial charge on any atom is -0.296 e. The van der Waals surface area contributed by atoms with Crippen LogP contribution in [0.5, 0.6) is 0 Å². The summed E-state index contributed by atoms with van der Waals surface area (Å²) < 4.78 is 0. The largest absolute Gasteiger partial charge is 0.296 e. The molecule has 0 radical (unpaired) electrons. The molecular weight excluding hydrogens is 204 g/mol. The zero-order valence-corrected chi connectivity index (χ0v) is 9.97. The molecule has 0 aliphatic carbocycles. The third-order valence-electron chi connectivity index (χ3n) is 3.03. The number of rotatable bonds is 6. The van der Waals surface area contributed by atoms with E-state index in [9.17, 15) is 4.79 Å². The number of carbonyl (C=O) groups is 1. The van der Waals surface area contributed by atoms with Crippen LogP contribution in [0.3, 0.4) is 0 Å². The molecule has 1 saturated heterocycles. The summed E-state index contributed by atoms with van der Waals surface area (Å²) >= 11 is 0. The van der Waals surface area contributed by atoms with Crippen LogP contribution in [0.4, 0.5) is 0 Å². The van der Waals surface area contributed by atoms with Crippen molar-refractivity contribution in [1.82, 2.24) is 16.2 Å². The predicted molar refractivity (Wildman–Crippen MR) is 61.5 cm³/mol. The number of nitriles is 1. The van der Waals surface area contributed by atoms with Crippen molar-refractivity contribution in [3.63, 3.8) is 0 Å². The molecule has 0 bridgehead atoms. The van der Waals surface area contributed by atoms with Gasteiger partial charge in [0, 0.05) is 32.0 Å². The quantitative estimate of drug-likeness (QED) is 0.440. The Balaban J connectivity index is 2.31. The van der Waals surface area contributed by atoms with E-state index in [1.165, 1.54) is 0 Å². The molecule has 5 nitrogen and oxygen atoms in total. The first kappa shape index (κ1) is 13.1. The van der Waals surface area contributed by atoms with Crippen LogP contribution < -0.4 is 16.2 Å². The molecule has 1 aliphatic rings. The smallest absolute Gasteiger partial charge is 0.168 e. The van der Waals surface area contributed by atoms with Crippen molar-refractivity contribution in [2.45, 2.75) is 44.7 Å². The fourth-order valence-electron chi connectivity index (χ4n) is 1.69. The fourth-order valence-corrected chi connectivity index (χ4v) is 1.69. The van der Waals surface area contributed by atoms with Gasteiger partial charge in [-0.15, -0.1) is 0 Å². The van der Waals surface area contributed by atoms with E-state index >= 15 is 0 Å². The van der Waals surface area contributed by atoms with Crippen molar-refractivity contribution in [1.29, 1.82) is 5.26 Å². The van der Waals surface area contributed by atoms with Gasteiger partial charge in [-0.3, -0.25) is 21.0 Å². The molecule has 16 heavy (non-hydrogen) atoms. The summed E-state index contributed by atoms with van der Waals surface area (Å²) in [6.45, 7) is 5.39. The minimum atomic E-state index is -0.954. The lowest BCUT2D eigenvalue weighted by Crippen LogP contribution is -2.48. The third kappa shape index (κ3) is 3.01. The predicted octanol–water partition coefficient (Wildman–Crippen LogP) is 0.0940. The summed E-state index contributed by atoms with van der Waals surface area (Å²) in [6.07, 6.45) is 2.01. The number of Topliss-reactive ketones (excluding diaryl/α,β-unsaturated/α-hetero) is 1. The van der Waals surface area contributed by atoms with E-state index in [4.69, 9.17) is 5.26 Å². The number of ketones is 1. The van der Waals surface area contributed by atoms with Crippen LogP contribution in [-0.2, 0) is 4.79 Å². The number of hydrogen-bond donors (Lipinski definition) is 3. The Morgan fingerprint density at radius 1 is 1.69 bits per heavy atom. The molecule has 0 aromatic heterocycles. The summed E-state index contributed by atoms with van der Waals surface area (Å²) in [5.41, 5.74) is 5.21. The highest BCUT2D eigenvalue weighted by Crippen LogP contribution is 2.17. The van der Waals surface area contributed by atoms with Gasteiger partial charge in [-0.2, -0.15) is 5.26 Å². The standard InChI is InChI=1S/C11H20N4O/c1-3-9(2)15-14-7-5-11(8-12)10(16)4-6-13-11/h9,13-15H,3-7H2,1-2H3. The van der Waals surface area contributed by atoms with Crippen molar-refractivity contribution >= 4 is 5.78 Å². The molecule has 0 aromatic rings. The number of nitrogens with one attached hydrogen (secondary N) is 3. The Hall–Kier alpha value is -0.960. The van der Waals surface area contributed by atoms with Gasteiger partial charge < -0.3 is 0 Å². The zero-order valence-electron chi connectivity index (χ0n) is 9.97. The monoisotopic (exact) mass is 224 g/mol. The van der Waals surface area contributed by atoms with Gasteiger partial charge in [0.1, 0.15) is 0 Å². The second kappa shape index (κ2) is 5.94. The summed E-state index contributed by atoms with van der Waals surface area (Å²) in [4.78, 5) is 11.6. The number of carbonyl (C=O) groups excluding carboxylic acids is 1. The molecule has 3 N–H and O–H groups in total. The van der Waals surface area contributed by atoms with Crippen molar-refractivity contribution < 1.29 is 4.79 Å². The highest BCUT2D eigenvalue weighted by atomic mass is 16.1. The van der Waals surface area contributed by atoms with Gasteiger partial charge in [0.25, 0.3) is 0 Å². The van der Waals surface area contributed by atoms with E-state index in [-0.39, 0.29) is 5.78 Å². The molecule has 1 rings (SSSR count). The molecule has 0 spiro atoms. The van der Waals surface area contributed by atoms with Crippen molar-refractivity contribution in [2.75, 3.05) is 13.1 Å². The SMILES string of the molecule is CCC(C)NNCCC1(C#N)NCCC1=O. The van der Waals surface area contributed by atoms with Gasteiger partial charge in [0.05, 0.1) is 6.07 Å². The van der Waals surface area contributed by atoms with E-state index in [1.54, 1.807) is 0 Å². The van der Waals surface area contributed by atoms with Crippen LogP contribution in [-0.4, -0.2) is 30.5 Å². The Kier molecular flexibility index (Phi) is 4.87. The van der Waals surface area contributed by atoms with Gasteiger partial charge in [-0.25, -0.2) is 0 Å². The summed E-state index contributed by atoms with van der Waals surface area (Å²) in [5.74, 6) is 0.0142. The summed E-state index contributed by atoms with van der Waals surface area (Å²) in [7, 11) is 0. The highest BCUT2D eigenvalue weighted by Gasteiger charge is 2.41. The lowest BCUT2D eigenvalue weighted by molar-refractivity contribution is -0.120. The van der Waals surface area contributed by atoms with Gasteiger partial charge in [0.15, 0.2) is 11.3 Å². The molecule has 1 fully saturated rings. The Labute approximate surface area is 96.6 Å². The molecule has 2 atom stereocenters. The van der Waals surface area contributed by atoms with Crippen LogP contribution in [0.1, 0.15) is 33.1 Å². The summed E-state index contributed by atoms with van der Waals surface area (Å²) in [5, 5.41) is 12.1. The molecule has 0 aromatic carbocycles. The second-order valence-electron chi connectivity index (χ2n) is 4.25. The first-order chi connectivity index (χ1) is 7.64. The van der Waals surface area contributed by atoms with Crippen LogP contribution in [0, 0.1) is 11.3 Å². The first-order valence-corrected chi connectivity index (χ1v) is 5.82. The maximum absolute atomic E-state index is 11.6. The maximum Gasteiger partial charge on any atom is 0.168 e. The fraction of sp³-hybridized carbons (Fsp3) is 0.818. The maximum atomic E-state index is 11.6. The topological polar surface area (TPSA) is 76.9 Å². The van der Waals surface area contributed by atoms with E-state index in [1.807, 2.05) is 0 Å².